The van der Waals surface area contributed by atoms with Crippen LogP contribution in [0.5, 0.6) is 0 Å². The molecule has 0 amide bonds. The summed E-state index contributed by atoms with van der Waals surface area (Å²) in [6, 6.07) is 44.3. The van der Waals surface area contributed by atoms with Crippen LogP contribution >= 0.6 is 6.22 Å². The number of rotatable bonds is 8. The molecule has 29 heavy (non-hydrogen) atoms. The average molecular weight is 622 g/mol. The van der Waals surface area contributed by atoms with Crippen molar-refractivity contribution in [2.45, 2.75) is 7.93 Å². The van der Waals surface area contributed by atoms with Crippen molar-refractivity contribution in [3.8, 4) is 0 Å². The summed E-state index contributed by atoms with van der Waals surface area (Å²) in [4.78, 5) is 0. The van der Waals surface area contributed by atoms with E-state index in [0.29, 0.717) is 7.93 Å². The maximum absolute atomic E-state index is 2.31. The molecule has 4 aromatic carbocycles. The molecule has 0 aliphatic heterocycles. The second-order valence-corrected chi connectivity index (χ2v) is 22.2. The third-order valence-corrected chi connectivity index (χ3v) is 22.0. The van der Waals surface area contributed by atoms with Crippen LogP contribution in [0, 0.1) is 0 Å². The molecule has 0 radical (unpaired) electrons. The molecular formula is C26H22STe2. The SMILES string of the molecule is c1ccc(C([Te]S[Te]C(c2ccccc2)c2ccccc2)c2ccccc2)cc1. The van der Waals surface area contributed by atoms with E-state index in [4.69, 9.17) is 0 Å². The van der Waals surface area contributed by atoms with Crippen molar-refractivity contribution in [1.29, 1.82) is 0 Å². The van der Waals surface area contributed by atoms with Gasteiger partial charge < -0.3 is 0 Å². The van der Waals surface area contributed by atoms with E-state index in [9.17, 15) is 0 Å². The molecule has 0 fully saturated rings. The summed E-state index contributed by atoms with van der Waals surface area (Å²) < 4.78 is 1.15. The molecule has 0 heterocycles. The summed E-state index contributed by atoms with van der Waals surface area (Å²) in [6.07, 6.45) is 2.31. The molecule has 0 unspecified atom stereocenters. The zero-order valence-electron chi connectivity index (χ0n) is 15.9. The van der Waals surface area contributed by atoms with Crippen LogP contribution in [0.1, 0.15) is 30.2 Å². The van der Waals surface area contributed by atoms with Crippen molar-refractivity contribution in [2.24, 2.45) is 0 Å². The van der Waals surface area contributed by atoms with Gasteiger partial charge >= 0.3 is 197 Å². The Morgan fingerprint density at radius 1 is 0.379 bits per heavy atom. The second-order valence-electron chi connectivity index (χ2n) is 6.66. The molecule has 0 aliphatic carbocycles. The fourth-order valence-electron chi connectivity index (χ4n) is 3.22. The van der Waals surface area contributed by atoms with E-state index in [1.165, 1.54) is 22.3 Å². The Labute approximate surface area is 195 Å². The van der Waals surface area contributed by atoms with E-state index < -0.39 is 0 Å². The molecule has 3 heteroatoms. The van der Waals surface area contributed by atoms with Gasteiger partial charge in [-0.1, -0.05) is 0 Å². The quantitative estimate of drug-likeness (QED) is 0.202. The van der Waals surface area contributed by atoms with Crippen LogP contribution in [-0.2, 0) is 0 Å². The first kappa shape index (κ1) is 21.1. The maximum atomic E-state index is 2.31. The number of benzene rings is 4. The fraction of sp³-hybridized carbons (Fsp3) is 0.0769. The topological polar surface area (TPSA) is 0 Å². The van der Waals surface area contributed by atoms with Gasteiger partial charge in [-0.2, -0.15) is 0 Å². The summed E-state index contributed by atoms with van der Waals surface area (Å²) in [5.41, 5.74) is 5.88. The van der Waals surface area contributed by atoms with E-state index in [2.05, 4.69) is 128 Å². The first-order valence-electron chi connectivity index (χ1n) is 9.60. The Morgan fingerprint density at radius 3 is 0.862 bits per heavy atom. The molecule has 144 valence electrons. The normalized spacial score (nSPS) is 11.1. The molecule has 0 aromatic heterocycles. The van der Waals surface area contributed by atoms with Gasteiger partial charge in [-0.05, 0) is 0 Å². The van der Waals surface area contributed by atoms with E-state index >= 15 is 0 Å². The average Bonchev–Trinajstić information content (AvgIpc) is 2.81. The number of hydrogen-bond donors (Lipinski definition) is 0. The minimum absolute atomic E-state index is 0.255. The first-order chi connectivity index (χ1) is 14.4. The Balaban J connectivity index is 1.53. The Kier molecular flexibility index (Phi) is 8.18. The standard InChI is InChI=1S/C26H22STe2/c1-5-13-21(14-6-1)25(22-15-7-2-8-16-22)28-27-29-26(23-17-9-3-10-18-23)24-19-11-4-12-20-24/h1-20,25-26H. The third-order valence-electron chi connectivity index (χ3n) is 4.68. The van der Waals surface area contributed by atoms with Crippen LogP contribution in [0.3, 0.4) is 0 Å². The van der Waals surface area contributed by atoms with Crippen LogP contribution in [0.4, 0.5) is 0 Å². The molecule has 0 saturated heterocycles. The van der Waals surface area contributed by atoms with Gasteiger partial charge in [0, 0.05) is 0 Å². The summed E-state index contributed by atoms with van der Waals surface area (Å²) in [5.74, 6) is 0. The zero-order chi connectivity index (χ0) is 19.7. The molecule has 0 aliphatic rings. The molecule has 0 N–H and O–H groups in total. The van der Waals surface area contributed by atoms with Gasteiger partial charge in [0.15, 0.2) is 0 Å². The summed E-state index contributed by atoms with van der Waals surface area (Å²) in [5, 5.41) is 0. The third kappa shape index (κ3) is 5.92. The zero-order valence-corrected chi connectivity index (χ0v) is 21.4. The molecule has 0 nitrogen and oxygen atoms in total. The van der Waals surface area contributed by atoms with Gasteiger partial charge in [-0.25, -0.2) is 0 Å². The monoisotopic (exact) mass is 626 g/mol. The van der Waals surface area contributed by atoms with Crippen molar-refractivity contribution in [1.82, 2.24) is 0 Å². The summed E-state index contributed by atoms with van der Waals surface area (Å²) >= 11 is -0.509. The van der Waals surface area contributed by atoms with Gasteiger partial charge in [0.05, 0.1) is 0 Å². The predicted octanol–water partition coefficient (Wildman–Crippen LogP) is 6.54. The first-order valence-corrected chi connectivity index (χ1v) is 18.7. The molecule has 0 saturated carbocycles. The molecule has 0 bridgehead atoms. The minimum atomic E-state index is -0.255. The van der Waals surface area contributed by atoms with Crippen molar-refractivity contribution < 1.29 is 0 Å². The van der Waals surface area contributed by atoms with E-state index in [-0.39, 0.29) is 39.1 Å². The van der Waals surface area contributed by atoms with Crippen molar-refractivity contribution in [3.05, 3.63) is 144 Å². The second kappa shape index (κ2) is 11.3. The molecule has 0 spiro atoms. The van der Waals surface area contributed by atoms with Gasteiger partial charge in [-0.3, -0.25) is 0 Å². The summed E-state index contributed by atoms with van der Waals surface area (Å²) in [7, 11) is 0. The molecule has 0 atom stereocenters. The Bertz CT molecular complexity index is 814. The fourth-order valence-corrected chi connectivity index (χ4v) is 22.8. The Hall–Kier alpha value is -1.19. The van der Waals surface area contributed by atoms with Crippen LogP contribution in [0.2, 0.25) is 0 Å². The molecular weight excluding hydrogens is 600 g/mol. The van der Waals surface area contributed by atoms with Crippen molar-refractivity contribution in [2.75, 3.05) is 0 Å². The van der Waals surface area contributed by atoms with Gasteiger partial charge in [0.25, 0.3) is 0 Å². The van der Waals surface area contributed by atoms with Gasteiger partial charge in [0.1, 0.15) is 0 Å². The van der Waals surface area contributed by atoms with E-state index in [1.54, 1.807) is 0 Å². The van der Waals surface area contributed by atoms with Crippen LogP contribution in [0.15, 0.2) is 121 Å². The van der Waals surface area contributed by atoms with Crippen molar-refractivity contribution in [3.63, 3.8) is 0 Å². The predicted molar refractivity (Wildman–Crippen MR) is 129 cm³/mol. The van der Waals surface area contributed by atoms with Crippen LogP contribution in [0.25, 0.3) is 0 Å². The van der Waals surface area contributed by atoms with Crippen LogP contribution < -0.4 is 0 Å². The molecule has 4 rings (SSSR count). The number of hydrogen-bond acceptors (Lipinski definition) is 1. The van der Waals surface area contributed by atoms with E-state index in [0.717, 1.165) is 0 Å². The Morgan fingerprint density at radius 2 is 0.621 bits per heavy atom. The van der Waals surface area contributed by atoms with Gasteiger partial charge in [0.2, 0.25) is 0 Å². The van der Waals surface area contributed by atoms with E-state index in [1.807, 2.05) is 0 Å². The summed E-state index contributed by atoms with van der Waals surface area (Å²) in [6.45, 7) is 0. The van der Waals surface area contributed by atoms with Gasteiger partial charge in [-0.15, -0.1) is 0 Å². The van der Waals surface area contributed by atoms with Crippen LogP contribution in [-0.4, -0.2) is 39.1 Å². The molecule has 4 aromatic rings. The van der Waals surface area contributed by atoms with Crippen molar-refractivity contribution >= 4 is 45.3 Å².